The van der Waals surface area contributed by atoms with Crippen molar-refractivity contribution in [2.24, 2.45) is 0 Å². The van der Waals surface area contributed by atoms with E-state index in [-0.39, 0.29) is 5.41 Å². The van der Waals surface area contributed by atoms with E-state index in [1.165, 1.54) is 34.7 Å². The lowest BCUT2D eigenvalue weighted by molar-refractivity contribution is 0.805. The van der Waals surface area contributed by atoms with Crippen molar-refractivity contribution in [1.29, 1.82) is 0 Å². The summed E-state index contributed by atoms with van der Waals surface area (Å²) in [4.78, 5) is 4.88. The quantitative estimate of drug-likeness (QED) is 0.715. The molecule has 0 radical (unpaired) electrons. The number of hydrogen-bond acceptors (Lipinski definition) is 2. The van der Waals surface area contributed by atoms with E-state index in [0.717, 1.165) is 6.54 Å². The van der Waals surface area contributed by atoms with Crippen LogP contribution in [0.2, 0.25) is 0 Å². The number of fused-ring (bicyclic) bond motifs is 6. The van der Waals surface area contributed by atoms with Crippen LogP contribution in [0.15, 0.2) is 59.9 Å². The Morgan fingerprint density at radius 3 is 2.52 bits per heavy atom. The van der Waals surface area contributed by atoms with Gasteiger partial charge in [0, 0.05) is 19.0 Å². The van der Waals surface area contributed by atoms with Gasteiger partial charge < -0.3 is 9.80 Å². The Labute approximate surface area is 125 Å². The minimum atomic E-state index is 0.247. The zero-order chi connectivity index (χ0) is 14.2. The third kappa shape index (κ3) is 1.28. The highest BCUT2D eigenvalue weighted by Crippen LogP contribution is 2.61. The number of benzene rings is 2. The third-order valence-electron chi connectivity index (χ3n) is 5.39. The number of nitrogens with zero attached hydrogens (tertiary/aromatic N) is 2. The molecular formula is C19H18N2. The first-order valence-electron chi connectivity index (χ1n) is 7.62. The monoisotopic (exact) mass is 274 g/mol. The van der Waals surface area contributed by atoms with Crippen LogP contribution in [0.4, 0.5) is 11.4 Å². The van der Waals surface area contributed by atoms with Crippen LogP contribution >= 0.6 is 0 Å². The van der Waals surface area contributed by atoms with E-state index in [4.69, 9.17) is 0 Å². The van der Waals surface area contributed by atoms with Crippen molar-refractivity contribution < 1.29 is 0 Å². The molecule has 2 heteroatoms. The first kappa shape index (κ1) is 11.4. The maximum Gasteiger partial charge on any atom is 0.113 e. The molecule has 1 atom stereocenters. The summed E-state index contributed by atoms with van der Waals surface area (Å²) in [6, 6.07) is 17.7. The van der Waals surface area contributed by atoms with Gasteiger partial charge in [0.25, 0.3) is 0 Å². The van der Waals surface area contributed by atoms with Gasteiger partial charge in [0.05, 0.1) is 11.4 Å². The van der Waals surface area contributed by atoms with E-state index in [1.807, 2.05) is 0 Å². The molecule has 2 aliphatic heterocycles. The van der Waals surface area contributed by atoms with Crippen LogP contribution in [0.3, 0.4) is 0 Å². The third-order valence-corrected chi connectivity index (χ3v) is 5.39. The summed E-state index contributed by atoms with van der Waals surface area (Å²) in [5.74, 6) is 1.41. The molecule has 104 valence electrons. The molecule has 0 bridgehead atoms. The normalized spacial score (nSPS) is 25.0. The van der Waals surface area contributed by atoms with Crippen molar-refractivity contribution >= 4 is 11.4 Å². The second-order valence-electron chi connectivity index (χ2n) is 6.60. The molecule has 2 nitrogen and oxygen atoms in total. The summed E-state index contributed by atoms with van der Waals surface area (Å²) < 4.78 is 0. The molecule has 0 aromatic heterocycles. The number of anilines is 2. The Balaban J connectivity index is 1.79. The maximum atomic E-state index is 2.50. The smallest absolute Gasteiger partial charge is 0.113 e. The number of rotatable bonds is 0. The molecule has 2 aromatic carbocycles. The minimum absolute atomic E-state index is 0.247. The topological polar surface area (TPSA) is 6.48 Å². The molecule has 2 heterocycles. The Bertz CT molecular complexity index is 805. The molecule has 1 unspecified atom stereocenters. The summed E-state index contributed by atoms with van der Waals surface area (Å²) in [6.07, 6.45) is 1.19. The first-order valence-corrected chi connectivity index (χ1v) is 7.62. The van der Waals surface area contributed by atoms with E-state index in [0.29, 0.717) is 0 Å². The van der Waals surface area contributed by atoms with E-state index in [9.17, 15) is 0 Å². The zero-order valence-corrected chi connectivity index (χ0v) is 12.4. The van der Waals surface area contributed by atoms with Gasteiger partial charge in [-0.15, -0.1) is 0 Å². The molecule has 21 heavy (non-hydrogen) atoms. The SMILES string of the molecule is CN1C2=C3CC3(C)c3ccccc3CN2c2ccccc21. The largest absolute Gasteiger partial charge is 0.329 e. The average molecular weight is 274 g/mol. The standard InChI is InChI=1S/C19H18N2/c1-19-11-15(19)18-20(2)16-9-5-6-10-17(16)21(18)12-13-7-3-4-8-14(13)19/h3-10H,11-12H2,1-2H3. The van der Waals surface area contributed by atoms with Crippen molar-refractivity contribution in [3.05, 3.63) is 71.1 Å². The summed E-state index contributed by atoms with van der Waals surface area (Å²) in [5.41, 5.74) is 7.49. The second-order valence-corrected chi connectivity index (χ2v) is 6.60. The Morgan fingerprint density at radius 2 is 1.67 bits per heavy atom. The fraction of sp³-hybridized carbons (Fsp3) is 0.263. The van der Waals surface area contributed by atoms with Crippen LogP contribution < -0.4 is 9.80 Å². The summed E-state index contributed by atoms with van der Waals surface area (Å²) in [5, 5.41) is 0. The molecule has 1 fully saturated rings. The highest BCUT2D eigenvalue weighted by atomic mass is 15.4. The van der Waals surface area contributed by atoms with Gasteiger partial charge in [0.15, 0.2) is 0 Å². The molecular weight excluding hydrogens is 256 g/mol. The summed E-state index contributed by atoms with van der Waals surface area (Å²) in [6.45, 7) is 3.38. The predicted octanol–water partition coefficient (Wildman–Crippen LogP) is 4.03. The Morgan fingerprint density at radius 1 is 0.952 bits per heavy atom. The second kappa shape index (κ2) is 3.51. The highest BCUT2D eigenvalue weighted by molar-refractivity contribution is 5.84. The highest BCUT2D eigenvalue weighted by Gasteiger charge is 2.53. The molecule has 1 saturated carbocycles. The van der Waals surface area contributed by atoms with Crippen LogP contribution in [0.25, 0.3) is 0 Å². The van der Waals surface area contributed by atoms with Crippen molar-refractivity contribution in [3.8, 4) is 0 Å². The van der Waals surface area contributed by atoms with E-state index >= 15 is 0 Å². The van der Waals surface area contributed by atoms with E-state index in [2.05, 4.69) is 72.3 Å². The van der Waals surface area contributed by atoms with Gasteiger partial charge in [-0.1, -0.05) is 43.3 Å². The van der Waals surface area contributed by atoms with Gasteiger partial charge in [0.1, 0.15) is 5.82 Å². The lowest BCUT2D eigenvalue weighted by Gasteiger charge is -2.22. The van der Waals surface area contributed by atoms with Crippen molar-refractivity contribution in [1.82, 2.24) is 0 Å². The van der Waals surface area contributed by atoms with Gasteiger partial charge in [-0.25, -0.2) is 0 Å². The minimum Gasteiger partial charge on any atom is -0.329 e. The van der Waals surface area contributed by atoms with Gasteiger partial charge >= 0.3 is 0 Å². The molecule has 5 rings (SSSR count). The molecule has 0 spiro atoms. The van der Waals surface area contributed by atoms with Crippen LogP contribution in [-0.2, 0) is 12.0 Å². The van der Waals surface area contributed by atoms with Gasteiger partial charge in [0.2, 0.25) is 0 Å². The summed E-state index contributed by atoms with van der Waals surface area (Å²) in [7, 11) is 2.20. The Kier molecular flexibility index (Phi) is 1.91. The lowest BCUT2D eigenvalue weighted by Crippen LogP contribution is -2.25. The number of para-hydroxylation sites is 2. The average Bonchev–Trinajstić information content (AvgIpc) is 3.12. The van der Waals surface area contributed by atoms with Crippen molar-refractivity contribution in [2.75, 3.05) is 16.8 Å². The molecule has 2 aromatic rings. The van der Waals surface area contributed by atoms with Crippen LogP contribution in [0.1, 0.15) is 24.5 Å². The Hall–Kier alpha value is -2.22. The zero-order valence-electron chi connectivity index (χ0n) is 12.4. The lowest BCUT2D eigenvalue weighted by atomic mass is 9.93. The first-order chi connectivity index (χ1) is 10.2. The van der Waals surface area contributed by atoms with Crippen LogP contribution in [-0.4, -0.2) is 7.05 Å². The predicted molar refractivity (Wildman–Crippen MR) is 86.5 cm³/mol. The van der Waals surface area contributed by atoms with Crippen molar-refractivity contribution in [2.45, 2.75) is 25.3 Å². The number of allylic oxidation sites excluding steroid dienone is 1. The van der Waals surface area contributed by atoms with Gasteiger partial charge in [-0.05, 0) is 35.3 Å². The van der Waals surface area contributed by atoms with E-state index in [1.54, 1.807) is 5.57 Å². The van der Waals surface area contributed by atoms with Crippen molar-refractivity contribution in [3.63, 3.8) is 0 Å². The van der Waals surface area contributed by atoms with Crippen LogP contribution in [0.5, 0.6) is 0 Å². The number of hydrogen-bond donors (Lipinski definition) is 0. The van der Waals surface area contributed by atoms with Crippen LogP contribution in [0, 0.1) is 0 Å². The molecule has 1 aliphatic carbocycles. The fourth-order valence-electron chi connectivity index (χ4n) is 4.17. The maximum absolute atomic E-state index is 2.50. The molecule has 3 aliphatic rings. The molecule has 0 saturated heterocycles. The van der Waals surface area contributed by atoms with Gasteiger partial charge in [-0.2, -0.15) is 0 Å². The molecule has 0 N–H and O–H groups in total. The van der Waals surface area contributed by atoms with Gasteiger partial charge in [-0.3, -0.25) is 0 Å². The summed E-state index contributed by atoms with van der Waals surface area (Å²) >= 11 is 0. The fourth-order valence-corrected chi connectivity index (χ4v) is 4.17. The van der Waals surface area contributed by atoms with E-state index < -0.39 is 0 Å². The molecule has 0 amide bonds.